The largest absolute Gasteiger partial charge is 0.336 e. The van der Waals surface area contributed by atoms with Gasteiger partial charge in [0.15, 0.2) is 0 Å². The number of amides is 1. The van der Waals surface area contributed by atoms with Gasteiger partial charge in [-0.05, 0) is 23.8 Å². The number of aryl methyl sites for hydroxylation is 1. The van der Waals surface area contributed by atoms with Crippen LogP contribution in [0, 0.1) is 5.82 Å². The van der Waals surface area contributed by atoms with Crippen molar-refractivity contribution in [1.29, 1.82) is 0 Å². The number of benzene rings is 1. The molecule has 1 aromatic heterocycles. The zero-order valence-corrected chi connectivity index (χ0v) is 10.3. The molecule has 0 fully saturated rings. The molecule has 1 aromatic carbocycles. The topological polar surface area (TPSA) is 38.1 Å². The quantitative estimate of drug-likeness (QED) is 0.830. The number of carbonyl (C=O) groups is 1. The highest BCUT2D eigenvalue weighted by molar-refractivity contribution is 5.92. The second-order valence-corrected chi connectivity index (χ2v) is 4.13. The molecule has 0 aliphatic carbocycles. The van der Waals surface area contributed by atoms with Crippen LogP contribution in [0.2, 0.25) is 0 Å². The maximum absolute atomic E-state index is 12.8. The Bertz CT molecular complexity index is 548. The van der Waals surface area contributed by atoms with Crippen LogP contribution < -0.4 is 0 Å². The summed E-state index contributed by atoms with van der Waals surface area (Å²) in [6.07, 6.45) is 1.58. The first-order valence-corrected chi connectivity index (χ1v) is 5.56. The molecule has 94 valence electrons. The summed E-state index contributed by atoms with van der Waals surface area (Å²) in [7, 11) is 3.43. The van der Waals surface area contributed by atoms with Crippen LogP contribution in [0.3, 0.4) is 0 Å². The highest BCUT2D eigenvalue weighted by Crippen LogP contribution is 2.08. The van der Waals surface area contributed by atoms with E-state index in [0.29, 0.717) is 12.2 Å². The first kappa shape index (κ1) is 12.3. The standard InChI is InChI=1S/C13H14FN3O/c1-16(9-10-3-5-11(14)6-4-10)13(18)12-7-8-15-17(12)2/h3-8H,9H2,1-2H3. The fourth-order valence-electron chi connectivity index (χ4n) is 1.71. The second kappa shape index (κ2) is 5.00. The molecule has 1 amide bonds. The van der Waals surface area contributed by atoms with Crippen LogP contribution in [0.1, 0.15) is 16.1 Å². The van der Waals surface area contributed by atoms with E-state index in [1.165, 1.54) is 16.8 Å². The SMILES string of the molecule is CN(Cc1ccc(F)cc1)C(=O)c1ccnn1C. The summed E-state index contributed by atoms with van der Waals surface area (Å²) in [5, 5.41) is 3.96. The van der Waals surface area contributed by atoms with Crippen molar-refractivity contribution in [3.05, 3.63) is 53.6 Å². The fraction of sp³-hybridized carbons (Fsp3) is 0.231. The summed E-state index contributed by atoms with van der Waals surface area (Å²) in [5.74, 6) is -0.390. The maximum atomic E-state index is 12.8. The maximum Gasteiger partial charge on any atom is 0.272 e. The Morgan fingerprint density at radius 2 is 2.00 bits per heavy atom. The van der Waals surface area contributed by atoms with E-state index >= 15 is 0 Å². The average Bonchev–Trinajstić information content (AvgIpc) is 2.77. The van der Waals surface area contributed by atoms with Crippen molar-refractivity contribution in [3.8, 4) is 0 Å². The van der Waals surface area contributed by atoms with E-state index in [-0.39, 0.29) is 11.7 Å². The molecule has 0 bridgehead atoms. The summed E-state index contributed by atoms with van der Waals surface area (Å²) >= 11 is 0. The lowest BCUT2D eigenvalue weighted by Gasteiger charge is -2.17. The number of rotatable bonds is 3. The Balaban J connectivity index is 2.08. The van der Waals surface area contributed by atoms with Gasteiger partial charge in [-0.15, -0.1) is 0 Å². The van der Waals surface area contributed by atoms with E-state index in [9.17, 15) is 9.18 Å². The molecule has 5 heteroatoms. The van der Waals surface area contributed by atoms with Gasteiger partial charge in [-0.25, -0.2) is 4.39 Å². The van der Waals surface area contributed by atoms with Gasteiger partial charge in [0.25, 0.3) is 5.91 Å². The molecule has 0 spiro atoms. The Kier molecular flexibility index (Phi) is 3.41. The molecule has 18 heavy (non-hydrogen) atoms. The van der Waals surface area contributed by atoms with Crippen LogP contribution >= 0.6 is 0 Å². The highest BCUT2D eigenvalue weighted by atomic mass is 19.1. The molecular weight excluding hydrogens is 233 g/mol. The van der Waals surface area contributed by atoms with Crippen molar-refractivity contribution >= 4 is 5.91 Å². The third-order valence-electron chi connectivity index (χ3n) is 2.72. The number of hydrogen-bond donors (Lipinski definition) is 0. The van der Waals surface area contributed by atoms with E-state index in [4.69, 9.17) is 0 Å². The molecule has 1 heterocycles. The van der Waals surface area contributed by atoms with E-state index in [1.807, 2.05) is 0 Å². The van der Waals surface area contributed by atoms with Crippen LogP contribution in [-0.2, 0) is 13.6 Å². The summed E-state index contributed by atoms with van der Waals surface area (Å²) in [6.45, 7) is 0.435. The number of nitrogens with zero attached hydrogens (tertiary/aromatic N) is 3. The third-order valence-corrected chi connectivity index (χ3v) is 2.72. The molecule has 2 aromatic rings. The van der Waals surface area contributed by atoms with Crippen molar-refractivity contribution in [2.75, 3.05) is 7.05 Å². The summed E-state index contributed by atoms with van der Waals surface area (Å²) < 4.78 is 14.3. The molecule has 0 N–H and O–H groups in total. The minimum absolute atomic E-state index is 0.112. The zero-order chi connectivity index (χ0) is 13.1. The number of aromatic nitrogens is 2. The Morgan fingerprint density at radius 3 is 2.56 bits per heavy atom. The lowest BCUT2D eigenvalue weighted by Crippen LogP contribution is -2.28. The van der Waals surface area contributed by atoms with Crippen LogP contribution in [0.5, 0.6) is 0 Å². The molecule has 0 radical (unpaired) electrons. The highest BCUT2D eigenvalue weighted by Gasteiger charge is 2.15. The molecule has 0 saturated carbocycles. The molecular formula is C13H14FN3O. The van der Waals surface area contributed by atoms with Crippen molar-refractivity contribution in [2.24, 2.45) is 7.05 Å². The molecule has 0 unspecified atom stereocenters. The van der Waals surface area contributed by atoms with Gasteiger partial charge in [0.2, 0.25) is 0 Å². The predicted octanol–water partition coefficient (Wildman–Crippen LogP) is 1.83. The Morgan fingerprint density at radius 1 is 1.33 bits per heavy atom. The van der Waals surface area contributed by atoms with Crippen molar-refractivity contribution in [2.45, 2.75) is 6.54 Å². The summed E-state index contributed by atoms with van der Waals surface area (Å²) in [6, 6.07) is 7.78. The minimum Gasteiger partial charge on any atom is -0.336 e. The van der Waals surface area contributed by atoms with E-state index in [0.717, 1.165) is 5.56 Å². The van der Waals surface area contributed by atoms with Crippen molar-refractivity contribution < 1.29 is 9.18 Å². The number of halogens is 1. The molecule has 0 saturated heterocycles. The van der Waals surface area contributed by atoms with Crippen LogP contribution in [0.15, 0.2) is 36.5 Å². The van der Waals surface area contributed by atoms with Gasteiger partial charge in [-0.2, -0.15) is 5.10 Å². The Labute approximate surface area is 105 Å². The van der Waals surface area contributed by atoms with Crippen LogP contribution in [0.25, 0.3) is 0 Å². The van der Waals surface area contributed by atoms with Gasteiger partial charge in [0.1, 0.15) is 11.5 Å². The summed E-state index contributed by atoms with van der Waals surface area (Å²) in [4.78, 5) is 13.7. The number of carbonyl (C=O) groups excluding carboxylic acids is 1. The zero-order valence-electron chi connectivity index (χ0n) is 10.3. The lowest BCUT2D eigenvalue weighted by molar-refractivity contribution is 0.0774. The van der Waals surface area contributed by atoms with Crippen molar-refractivity contribution in [1.82, 2.24) is 14.7 Å². The molecule has 0 atom stereocenters. The van der Waals surface area contributed by atoms with Gasteiger partial charge < -0.3 is 4.90 Å². The smallest absolute Gasteiger partial charge is 0.272 e. The molecule has 2 rings (SSSR count). The minimum atomic E-state index is -0.278. The van der Waals surface area contributed by atoms with Crippen molar-refractivity contribution in [3.63, 3.8) is 0 Å². The van der Waals surface area contributed by atoms with Gasteiger partial charge in [-0.3, -0.25) is 9.48 Å². The van der Waals surface area contributed by atoms with E-state index in [2.05, 4.69) is 5.10 Å². The monoisotopic (exact) mass is 247 g/mol. The fourth-order valence-corrected chi connectivity index (χ4v) is 1.71. The van der Waals surface area contributed by atoms with Gasteiger partial charge in [0.05, 0.1) is 0 Å². The predicted molar refractivity (Wildman–Crippen MR) is 65.4 cm³/mol. The summed E-state index contributed by atoms with van der Waals surface area (Å²) in [5.41, 5.74) is 1.41. The molecule has 0 aliphatic rings. The lowest BCUT2D eigenvalue weighted by atomic mass is 10.2. The van der Waals surface area contributed by atoms with E-state index in [1.54, 1.807) is 43.4 Å². The molecule has 4 nitrogen and oxygen atoms in total. The third kappa shape index (κ3) is 2.56. The van der Waals surface area contributed by atoms with E-state index < -0.39 is 0 Å². The normalized spacial score (nSPS) is 10.4. The van der Waals surface area contributed by atoms with Crippen LogP contribution in [-0.4, -0.2) is 27.6 Å². The van der Waals surface area contributed by atoms with Crippen LogP contribution in [0.4, 0.5) is 4.39 Å². The second-order valence-electron chi connectivity index (χ2n) is 4.13. The Hall–Kier alpha value is -2.17. The first-order valence-electron chi connectivity index (χ1n) is 5.56. The van der Waals surface area contributed by atoms with Gasteiger partial charge in [-0.1, -0.05) is 12.1 Å². The molecule has 0 aliphatic heterocycles. The van der Waals surface area contributed by atoms with Gasteiger partial charge >= 0.3 is 0 Å². The van der Waals surface area contributed by atoms with Gasteiger partial charge in [0, 0.05) is 26.8 Å². The number of hydrogen-bond acceptors (Lipinski definition) is 2. The average molecular weight is 247 g/mol. The first-order chi connectivity index (χ1) is 8.58.